The largest absolute Gasteiger partial charge is 0.399 e. The standard InChI is InChI=1S/C16H16N6OS2/c1-10-15(13-6-3-7-24-13)19-21-22(10)25-9-14-18-16(23-20-14)11-4-2-5-12(17)8-11/h2-8,10,21H,9,17H2,1H3. The lowest BCUT2D eigenvalue weighted by atomic mass is 10.2. The number of nitrogens with one attached hydrogen (secondary N) is 1. The molecule has 1 unspecified atom stereocenters. The lowest BCUT2D eigenvalue weighted by molar-refractivity contribution is 0.375. The molecule has 25 heavy (non-hydrogen) atoms. The summed E-state index contributed by atoms with van der Waals surface area (Å²) in [5, 5.41) is 10.5. The third kappa shape index (κ3) is 3.39. The average molecular weight is 372 g/mol. The monoisotopic (exact) mass is 372 g/mol. The van der Waals surface area contributed by atoms with E-state index in [2.05, 4.69) is 39.1 Å². The Hall–Kier alpha value is -2.36. The van der Waals surface area contributed by atoms with Gasteiger partial charge in [-0.1, -0.05) is 17.3 Å². The number of rotatable bonds is 5. The van der Waals surface area contributed by atoms with E-state index < -0.39 is 0 Å². The van der Waals surface area contributed by atoms with Gasteiger partial charge < -0.3 is 10.3 Å². The van der Waals surface area contributed by atoms with Crippen LogP contribution in [0.2, 0.25) is 0 Å². The predicted molar refractivity (Wildman–Crippen MR) is 101 cm³/mol. The first-order valence-corrected chi connectivity index (χ1v) is 9.50. The molecular weight excluding hydrogens is 356 g/mol. The summed E-state index contributed by atoms with van der Waals surface area (Å²) in [6, 6.07) is 11.7. The van der Waals surface area contributed by atoms with Gasteiger partial charge in [-0.15, -0.1) is 15.8 Å². The molecule has 7 nitrogen and oxygen atoms in total. The van der Waals surface area contributed by atoms with Crippen LogP contribution < -0.4 is 11.3 Å². The van der Waals surface area contributed by atoms with E-state index in [-0.39, 0.29) is 6.04 Å². The summed E-state index contributed by atoms with van der Waals surface area (Å²) in [4.78, 5) is 5.61. The van der Waals surface area contributed by atoms with Gasteiger partial charge in [0.1, 0.15) is 0 Å². The lowest BCUT2D eigenvalue weighted by Gasteiger charge is -2.18. The SMILES string of the molecule is CC1C(c2cccs2)=NNN1SCc1noc(-c2cccc(N)c2)n1. The maximum absolute atomic E-state index is 5.79. The molecule has 1 aromatic carbocycles. The number of hydrazine groups is 1. The van der Waals surface area contributed by atoms with Crippen molar-refractivity contribution in [3.63, 3.8) is 0 Å². The molecule has 3 heterocycles. The van der Waals surface area contributed by atoms with Gasteiger partial charge in [-0.2, -0.15) is 10.1 Å². The van der Waals surface area contributed by atoms with Crippen LogP contribution >= 0.6 is 23.3 Å². The first-order valence-electron chi connectivity index (χ1n) is 7.68. The first kappa shape index (κ1) is 16.1. The molecule has 0 saturated carbocycles. The molecule has 128 valence electrons. The van der Waals surface area contributed by atoms with Crippen LogP contribution in [-0.2, 0) is 5.75 Å². The van der Waals surface area contributed by atoms with Crippen molar-refractivity contribution in [2.75, 3.05) is 5.73 Å². The predicted octanol–water partition coefficient (Wildman–Crippen LogP) is 3.14. The van der Waals surface area contributed by atoms with E-state index in [0.29, 0.717) is 23.2 Å². The third-order valence-electron chi connectivity index (χ3n) is 3.72. The second-order valence-corrected chi connectivity index (χ2v) is 7.38. The lowest BCUT2D eigenvalue weighted by Crippen LogP contribution is -2.32. The van der Waals surface area contributed by atoms with Gasteiger partial charge in [0, 0.05) is 11.3 Å². The zero-order valence-corrected chi connectivity index (χ0v) is 15.0. The number of hydrazone groups is 1. The maximum Gasteiger partial charge on any atom is 0.258 e. The fraction of sp³-hybridized carbons (Fsp3) is 0.188. The van der Waals surface area contributed by atoms with E-state index in [9.17, 15) is 0 Å². The highest BCUT2D eigenvalue weighted by Crippen LogP contribution is 2.26. The molecule has 0 spiro atoms. The molecule has 2 aromatic heterocycles. The van der Waals surface area contributed by atoms with Gasteiger partial charge in [0.2, 0.25) is 0 Å². The van der Waals surface area contributed by atoms with Crippen molar-refractivity contribution in [2.45, 2.75) is 18.7 Å². The van der Waals surface area contributed by atoms with Crippen LogP contribution in [0.3, 0.4) is 0 Å². The number of aromatic nitrogens is 2. The summed E-state index contributed by atoms with van der Waals surface area (Å²) >= 11 is 3.25. The van der Waals surface area contributed by atoms with E-state index in [4.69, 9.17) is 10.3 Å². The van der Waals surface area contributed by atoms with Crippen molar-refractivity contribution in [1.82, 2.24) is 20.1 Å². The number of hydrogen-bond donors (Lipinski definition) is 2. The van der Waals surface area contributed by atoms with Crippen LogP contribution in [0.25, 0.3) is 11.5 Å². The summed E-state index contributed by atoms with van der Waals surface area (Å²) < 4.78 is 7.32. The van der Waals surface area contributed by atoms with E-state index >= 15 is 0 Å². The van der Waals surface area contributed by atoms with Crippen molar-refractivity contribution >= 4 is 34.7 Å². The van der Waals surface area contributed by atoms with Crippen LogP contribution in [0.4, 0.5) is 5.69 Å². The van der Waals surface area contributed by atoms with Gasteiger partial charge in [-0.3, -0.25) is 0 Å². The maximum atomic E-state index is 5.79. The molecular formula is C16H16N6OS2. The molecule has 1 aliphatic rings. The van der Waals surface area contributed by atoms with Crippen molar-refractivity contribution < 1.29 is 4.52 Å². The molecule has 0 fully saturated rings. The van der Waals surface area contributed by atoms with Crippen LogP contribution in [-0.4, -0.2) is 26.3 Å². The summed E-state index contributed by atoms with van der Waals surface area (Å²) in [6.07, 6.45) is 0. The number of thiophene rings is 1. The molecule has 0 saturated heterocycles. The minimum absolute atomic E-state index is 0.156. The van der Waals surface area contributed by atoms with Crippen LogP contribution in [0.5, 0.6) is 0 Å². The Morgan fingerprint density at radius 1 is 1.36 bits per heavy atom. The molecule has 0 bridgehead atoms. The summed E-state index contributed by atoms with van der Waals surface area (Å²) in [6.45, 7) is 2.11. The molecule has 9 heteroatoms. The number of nitrogens with zero attached hydrogens (tertiary/aromatic N) is 4. The Labute approximate surface area is 153 Å². The molecule has 0 amide bonds. The van der Waals surface area contributed by atoms with E-state index in [1.54, 1.807) is 23.3 Å². The quantitative estimate of drug-likeness (QED) is 0.525. The van der Waals surface area contributed by atoms with Crippen molar-refractivity contribution in [3.05, 3.63) is 52.5 Å². The summed E-state index contributed by atoms with van der Waals surface area (Å²) in [5.74, 6) is 1.68. The van der Waals surface area contributed by atoms with Crippen molar-refractivity contribution in [1.29, 1.82) is 0 Å². The molecule has 3 aromatic rings. The van der Waals surface area contributed by atoms with E-state index in [0.717, 1.165) is 11.3 Å². The second kappa shape index (κ2) is 6.87. The number of anilines is 1. The average Bonchev–Trinajstić information content (AvgIpc) is 3.34. The zero-order valence-electron chi connectivity index (χ0n) is 13.4. The van der Waals surface area contributed by atoms with Crippen LogP contribution in [0.15, 0.2) is 51.4 Å². The third-order valence-corrected chi connectivity index (χ3v) is 5.68. The fourth-order valence-electron chi connectivity index (χ4n) is 2.45. The Bertz CT molecular complexity index is 892. The number of nitrogens with two attached hydrogens (primary N) is 1. The van der Waals surface area contributed by atoms with Crippen molar-refractivity contribution in [3.8, 4) is 11.5 Å². The Kier molecular flexibility index (Phi) is 4.43. The molecule has 0 radical (unpaired) electrons. The van der Waals surface area contributed by atoms with Gasteiger partial charge in [0.25, 0.3) is 5.89 Å². The minimum Gasteiger partial charge on any atom is -0.399 e. The number of benzene rings is 1. The first-order chi connectivity index (χ1) is 12.2. The Morgan fingerprint density at radius 2 is 2.28 bits per heavy atom. The van der Waals surface area contributed by atoms with Gasteiger partial charge in [-0.25, -0.2) is 5.53 Å². The van der Waals surface area contributed by atoms with E-state index in [1.807, 2.05) is 34.7 Å². The fourth-order valence-corrected chi connectivity index (χ4v) is 4.04. The topological polar surface area (TPSA) is 92.6 Å². The second-order valence-electron chi connectivity index (χ2n) is 5.49. The van der Waals surface area contributed by atoms with Crippen LogP contribution in [0.1, 0.15) is 17.6 Å². The van der Waals surface area contributed by atoms with Crippen LogP contribution in [0, 0.1) is 0 Å². The van der Waals surface area contributed by atoms with Crippen molar-refractivity contribution in [2.24, 2.45) is 5.10 Å². The highest BCUT2D eigenvalue weighted by molar-refractivity contribution is 7.96. The zero-order chi connectivity index (χ0) is 17.2. The molecule has 3 N–H and O–H groups in total. The summed E-state index contributed by atoms with van der Waals surface area (Å²) in [7, 11) is 0. The van der Waals surface area contributed by atoms with Gasteiger partial charge in [-0.05, 0) is 48.5 Å². The number of nitrogen functional groups attached to an aromatic ring is 1. The molecule has 4 rings (SSSR count). The molecule has 1 aliphatic heterocycles. The highest BCUT2D eigenvalue weighted by atomic mass is 32.2. The minimum atomic E-state index is 0.156. The Morgan fingerprint density at radius 3 is 3.08 bits per heavy atom. The summed E-state index contributed by atoms with van der Waals surface area (Å²) in [5.41, 5.74) is 11.4. The van der Waals surface area contributed by atoms with Gasteiger partial charge >= 0.3 is 0 Å². The van der Waals surface area contributed by atoms with E-state index in [1.165, 1.54) is 4.88 Å². The Balaban J connectivity index is 1.38. The number of hydrogen-bond acceptors (Lipinski definition) is 9. The normalized spacial score (nSPS) is 17.5. The molecule has 1 atom stereocenters. The van der Waals surface area contributed by atoms with Gasteiger partial charge in [0.15, 0.2) is 5.82 Å². The highest BCUT2D eigenvalue weighted by Gasteiger charge is 2.28. The van der Waals surface area contributed by atoms with Gasteiger partial charge in [0.05, 0.1) is 22.4 Å². The molecule has 0 aliphatic carbocycles. The smallest absolute Gasteiger partial charge is 0.258 e.